The molecule has 0 aliphatic carbocycles. The molecule has 0 N–H and O–H groups in total. The van der Waals surface area contributed by atoms with Gasteiger partial charge >= 0.3 is 0 Å². The molecule has 0 amide bonds. The smallest absolute Gasteiger partial charge is 0.131 e. The lowest BCUT2D eigenvalue weighted by molar-refractivity contribution is 0.622. The van der Waals surface area contributed by atoms with E-state index in [9.17, 15) is 0 Å². The summed E-state index contributed by atoms with van der Waals surface area (Å²) < 4.78 is 5.75. The van der Waals surface area contributed by atoms with Crippen LogP contribution in [0.3, 0.4) is 0 Å². The summed E-state index contributed by atoms with van der Waals surface area (Å²) in [4.78, 5) is 0. The third-order valence-electron chi connectivity index (χ3n) is 2.79. The molecule has 2 aromatic heterocycles. The van der Waals surface area contributed by atoms with E-state index in [1.54, 1.807) is 0 Å². The zero-order valence-electron chi connectivity index (χ0n) is 10.1. The first kappa shape index (κ1) is 10.5. The number of rotatable bonds is 4. The number of furan rings is 2. The summed E-state index contributed by atoms with van der Waals surface area (Å²) in [5, 5.41) is 0. The zero-order chi connectivity index (χ0) is 11.0. The SMILES string of the molecule is CC(C)Cc1c(CC(C)C)c2ccc1o2. The van der Waals surface area contributed by atoms with Crippen LogP contribution < -0.4 is 0 Å². The van der Waals surface area contributed by atoms with E-state index in [1.807, 2.05) is 0 Å². The van der Waals surface area contributed by atoms with E-state index in [0.717, 1.165) is 24.0 Å². The monoisotopic (exact) mass is 204 g/mol. The number of hydrogen-bond acceptors (Lipinski definition) is 1. The average molecular weight is 204 g/mol. The van der Waals surface area contributed by atoms with Gasteiger partial charge in [-0.25, -0.2) is 0 Å². The van der Waals surface area contributed by atoms with Crippen LogP contribution in [-0.4, -0.2) is 0 Å². The Morgan fingerprint density at radius 3 is 1.60 bits per heavy atom. The van der Waals surface area contributed by atoms with Gasteiger partial charge in [-0.2, -0.15) is 0 Å². The van der Waals surface area contributed by atoms with Gasteiger partial charge in [0.15, 0.2) is 0 Å². The molecule has 0 saturated carbocycles. The highest BCUT2D eigenvalue weighted by atomic mass is 16.3. The first-order chi connectivity index (χ1) is 7.08. The Morgan fingerprint density at radius 1 is 0.867 bits per heavy atom. The molecule has 0 saturated heterocycles. The molecule has 2 bridgehead atoms. The Hall–Kier alpha value is -0.980. The van der Waals surface area contributed by atoms with Crippen LogP contribution in [0.2, 0.25) is 0 Å². The zero-order valence-corrected chi connectivity index (χ0v) is 10.1. The first-order valence-corrected chi connectivity index (χ1v) is 5.90. The van der Waals surface area contributed by atoms with Crippen molar-refractivity contribution in [3.05, 3.63) is 23.3 Å². The average Bonchev–Trinajstić information content (AvgIpc) is 2.67. The molecule has 0 fully saturated rings. The molecule has 0 unspecified atom stereocenters. The summed E-state index contributed by atoms with van der Waals surface area (Å²) >= 11 is 0. The number of benzene rings is 1. The van der Waals surface area contributed by atoms with Crippen molar-refractivity contribution in [2.24, 2.45) is 11.8 Å². The van der Waals surface area contributed by atoms with Gasteiger partial charge in [-0.15, -0.1) is 0 Å². The quantitative estimate of drug-likeness (QED) is 0.725. The van der Waals surface area contributed by atoms with E-state index in [0.29, 0.717) is 11.8 Å². The van der Waals surface area contributed by atoms with Gasteiger partial charge in [0.1, 0.15) is 11.2 Å². The van der Waals surface area contributed by atoms with Gasteiger partial charge in [-0.1, -0.05) is 27.7 Å². The normalized spacial score (nSPS) is 12.4. The van der Waals surface area contributed by atoms with Gasteiger partial charge in [0, 0.05) is 11.1 Å². The minimum atomic E-state index is 0.701. The van der Waals surface area contributed by atoms with E-state index >= 15 is 0 Å². The summed E-state index contributed by atoms with van der Waals surface area (Å²) in [5.41, 5.74) is 5.12. The van der Waals surface area contributed by atoms with Crippen molar-refractivity contribution in [2.45, 2.75) is 40.5 Å². The minimum absolute atomic E-state index is 0.701. The maximum atomic E-state index is 5.75. The highest BCUT2D eigenvalue weighted by molar-refractivity contribution is 5.72. The van der Waals surface area contributed by atoms with Crippen LogP contribution >= 0.6 is 0 Å². The van der Waals surface area contributed by atoms with Crippen molar-refractivity contribution in [1.29, 1.82) is 0 Å². The fourth-order valence-electron chi connectivity index (χ4n) is 2.22. The van der Waals surface area contributed by atoms with Gasteiger partial charge in [-0.05, 0) is 36.8 Å². The summed E-state index contributed by atoms with van der Waals surface area (Å²) in [6.07, 6.45) is 2.29. The van der Waals surface area contributed by atoms with Crippen LogP contribution in [0.15, 0.2) is 16.5 Å². The largest absolute Gasteiger partial charge is 0.457 e. The van der Waals surface area contributed by atoms with E-state index in [-0.39, 0.29) is 0 Å². The van der Waals surface area contributed by atoms with Crippen molar-refractivity contribution in [3.63, 3.8) is 0 Å². The topological polar surface area (TPSA) is 13.1 Å². The Bertz CT molecular complexity index is 384. The van der Waals surface area contributed by atoms with Gasteiger partial charge in [-0.3, -0.25) is 0 Å². The molecular formula is C14H20O. The Morgan fingerprint density at radius 2 is 1.27 bits per heavy atom. The van der Waals surface area contributed by atoms with Gasteiger partial charge in [0.2, 0.25) is 0 Å². The molecule has 0 radical (unpaired) electrons. The van der Waals surface area contributed by atoms with Crippen molar-refractivity contribution in [3.8, 4) is 0 Å². The molecule has 82 valence electrons. The summed E-state index contributed by atoms with van der Waals surface area (Å²) in [6.45, 7) is 9.06. The second-order valence-corrected chi connectivity index (χ2v) is 5.32. The summed E-state index contributed by atoms with van der Waals surface area (Å²) in [5.74, 6) is 1.40. The van der Waals surface area contributed by atoms with Crippen molar-refractivity contribution < 1.29 is 4.42 Å². The van der Waals surface area contributed by atoms with Crippen molar-refractivity contribution in [1.82, 2.24) is 0 Å². The fraction of sp³-hybridized carbons (Fsp3) is 0.571. The maximum absolute atomic E-state index is 5.75. The van der Waals surface area contributed by atoms with Crippen LogP contribution in [0, 0.1) is 11.8 Å². The predicted octanol–water partition coefficient (Wildman–Crippen LogP) is 4.27. The number of hydrogen-bond donors (Lipinski definition) is 0. The Balaban J connectivity index is 2.34. The highest BCUT2D eigenvalue weighted by Gasteiger charge is 2.17. The predicted molar refractivity (Wildman–Crippen MR) is 64.5 cm³/mol. The molecule has 0 aromatic carbocycles. The maximum Gasteiger partial charge on any atom is 0.131 e. The summed E-state index contributed by atoms with van der Waals surface area (Å²) in [6, 6.07) is 4.22. The van der Waals surface area contributed by atoms with Gasteiger partial charge in [0.05, 0.1) is 0 Å². The van der Waals surface area contributed by atoms with Crippen LogP contribution in [0.1, 0.15) is 38.8 Å². The van der Waals surface area contributed by atoms with Crippen LogP contribution in [0.4, 0.5) is 0 Å². The molecular weight excluding hydrogens is 184 g/mol. The van der Waals surface area contributed by atoms with Gasteiger partial charge in [0.25, 0.3) is 0 Å². The van der Waals surface area contributed by atoms with Crippen LogP contribution in [0.5, 0.6) is 0 Å². The van der Waals surface area contributed by atoms with E-state index < -0.39 is 0 Å². The molecule has 0 spiro atoms. The molecule has 15 heavy (non-hydrogen) atoms. The Labute approximate surface area is 91.8 Å². The third kappa shape index (κ3) is 2.01. The molecule has 0 atom stereocenters. The fourth-order valence-corrected chi connectivity index (χ4v) is 2.22. The molecule has 0 aliphatic heterocycles. The molecule has 1 heteroatoms. The highest BCUT2D eigenvalue weighted by Crippen LogP contribution is 2.32. The van der Waals surface area contributed by atoms with E-state index in [4.69, 9.17) is 4.42 Å². The van der Waals surface area contributed by atoms with Crippen LogP contribution in [0.25, 0.3) is 11.2 Å². The molecule has 0 aliphatic rings. The number of fused-ring (bicyclic) bond motifs is 2. The molecule has 2 heterocycles. The lowest BCUT2D eigenvalue weighted by Crippen LogP contribution is -2.01. The lowest BCUT2D eigenvalue weighted by atomic mass is 9.93. The van der Waals surface area contributed by atoms with Crippen LogP contribution in [-0.2, 0) is 12.8 Å². The van der Waals surface area contributed by atoms with E-state index in [2.05, 4.69) is 39.8 Å². The standard InChI is InChI=1S/C14H20O/c1-9(2)7-11-12(8-10(3)4)14-6-5-13(11)15-14/h5-6,9-10H,7-8H2,1-4H3. The van der Waals surface area contributed by atoms with Crippen molar-refractivity contribution >= 4 is 11.2 Å². The van der Waals surface area contributed by atoms with Gasteiger partial charge < -0.3 is 4.42 Å². The second-order valence-electron chi connectivity index (χ2n) is 5.32. The molecule has 2 rings (SSSR count). The van der Waals surface area contributed by atoms with Crippen molar-refractivity contribution in [2.75, 3.05) is 0 Å². The molecule has 1 nitrogen and oxygen atoms in total. The first-order valence-electron chi connectivity index (χ1n) is 5.90. The second kappa shape index (κ2) is 3.88. The summed E-state index contributed by atoms with van der Waals surface area (Å²) in [7, 11) is 0. The Kier molecular flexibility index (Phi) is 2.72. The minimum Gasteiger partial charge on any atom is -0.457 e. The lowest BCUT2D eigenvalue weighted by Gasteiger charge is -2.09. The molecule has 2 aromatic rings. The third-order valence-corrected chi connectivity index (χ3v) is 2.79. The van der Waals surface area contributed by atoms with E-state index in [1.165, 1.54) is 11.1 Å².